The van der Waals surface area contributed by atoms with Gasteiger partial charge in [-0.15, -0.1) is 0 Å². The predicted molar refractivity (Wildman–Crippen MR) is 94.1 cm³/mol. The molecule has 0 saturated heterocycles. The molecule has 3 rings (SSSR count). The van der Waals surface area contributed by atoms with Crippen LogP contribution in [0, 0.1) is 12.7 Å². The second-order valence-electron chi connectivity index (χ2n) is 5.78. The number of nitrogens with two attached hydrogens (primary N) is 1. The quantitative estimate of drug-likeness (QED) is 0.547. The lowest BCUT2D eigenvalue weighted by Gasteiger charge is -2.10. The molecule has 0 aliphatic heterocycles. The van der Waals surface area contributed by atoms with E-state index >= 15 is 0 Å². The van der Waals surface area contributed by atoms with E-state index in [1.165, 1.54) is 24.4 Å². The SMILES string of the molecule is Cc1c(Cc2ccnc(N)c2F)c(=O)oc2cc(OS(C)(=O)=O)ccc12. The number of aromatic nitrogens is 1. The summed E-state index contributed by atoms with van der Waals surface area (Å²) in [5.74, 6) is -0.889. The number of hydrogen-bond donors (Lipinski definition) is 1. The van der Waals surface area contributed by atoms with Crippen LogP contribution in [-0.4, -0.2) is 19.7 Å². The molecule has 0 amide bonds. The lowest BCUT2D eigenvalue weighted by molar-refractivity contribution is 0.491. The van der Waals surface area contributed by atoms with Crippen molar-refractivity contribution in [3.05, 3.63) is 63.4 Å². The van der Waals surface area contributed by atoms with Crippen molar-refractivity contribution in [1.82, 2.24) is 4.98 Å². The number of anilines is 1. The second-order valence-corrected chi connectivity index (χ2v) is 7.36. The highest BCUT2D eigenvalue weighted by atomic mass is 32.2. The van der Waals surface area contributed by atoms with Crippen LogP contribution in [0.25, 0.3) is 11.0 Å². The van der Waals surface area contributed by atoms with Crippen LogP contribution in [0.4, 0.5) is 10.2 Å². The first kappa shape index (κ1) is 17.9. The van der Waals surface area contributed by atoms with E-state index in [9.17, 15) is 17.6 Å². The van der Waals surface area contributed by atoms with E-state index in [1.54, 1.807) is 13.0 Å². The van der Waals surface area contributed by atoms with Gasteiger partial charge in [-0.25, -0.2) is 14.2 Å². The fraction of sp³-hybridized carbons (Fsp3) is 0.176. The second kappa shape index (κ2) is 6.41. The van der Waals surface area contributed by atoms with Gasteiger partial charge in [0.05, 0.1) is 6.26 Å². The number of aryl methyl sites for hydroxylation is 1. The van der Waals surface area contributed by atoms with Gasteiger partial charge >= 0.3 is 15.7 Å². The van der Waals surface area contributed by atoms with Crippen LogP contribution < -0.4 is 15.5 Å². The predicted octanol–water partition coefficient (Wildman–Crippen LogP) is 2.15. The molecule has 2 N–H and O–H groups in total. The third-order valence-electron chi connectivity index (χ3n) is 3.87. The number of nitrogen functional groups attached to an aromatic ring is 1. The largest absolute Gasteiger partial charge is 0.422 e. The van der Waals surface area contributed by atoms with E-state index in [2.05, 4.69) is 4.98 Å². The first-order valence-electron chi connectivity index (χ1n) is 7.50. The van der Waals surface area contributed by atoms with Gasteiger partial charge < -0.3 is 14.3 Å². The molecule has 0 radical (unpaired) electrons. The Hall–Kier alpha value is -2.94. The zero-order valence-electron chi connectivity index (χ0n) is 13.9. The number of pyridine rings is 1. The van der Waals surface area contributed by atoms with Crippen molar-refractivity contribution < 1.29 is 21.4 Å². The Balaban J connectivity index is 2.09. The molecule has 26 heavy (non-hydrogen) atoms. The highest BCUT2D eigenvalue weighted by molar-refractivity contribution is 7.86. The summed E-state index contributed by atoms with van der Waals surface area (Å²) in [6.45, 7) is 1.70. The van der Waals surface area contributed by atoms with Crippen molar-refractivity contribution in [3.63, 3.8) is 0 Å². The summed E-state index contributed by atoms with van der Waals surface area (Å²) in [4.78, 5) is 16.0. The number of fused-ring (bicyclic) bond motifs is 1. The van der Waals surface area contributed by atoms with Crippen LogP contribution >= 0.6 is 0 Å². The standard InChI is InChI=1S/C17H15FN2O5S/c1-9-12-4-3-11(25-26(2,22)23)8-14(12)24-17(21)13(9)7-10-5-6-20-16(19)15(10)18/h3-6,8H,7H2,1-2H3,(H2,19,20). The van der Waals surface area contributed by atoms with Gasteiger partial charge in [0.1, 0.15) is 11.3 Å². The highest BCUT2D eigenvalue weighted by Gasteiger charge is 2.16. The molecular weight excluding hydrogens is 363 g/mol. The van der Waals surface area contributed by atoms with Gasteiger partial charge in [0, 0.05) is 29.6 Å². The molecule has 0 saturated carbocycles. The van der Waals surface area contributed by atoms with Gasteiger partial charge in [-0.3, -0.25) is 0 Å². The van der Waals surface area contributed by atoms with Crippen molar-refractivity contribution in [2.24, 2.45) is 0 Å². The Morgan fingerprint density at radius 2 is 2.04 bits per heavy atom. The van der Waals surface area contributed by atoms with Crippen molar-refractivity contribution in [3.8, 4) is 5.75 Å². The van der Waals surface area contributed by atoms with E-state index in [1.807, 2.05) is 0 Å². The molecule has 9 heteroatoms. The number of rotatable bonds is 4. The van der Waals surface area contributed by atoms with Crippen molar-refractivity contribution in [2.45, 2.75) is 13.3 Å². The third kappa shape index (κ3) is 3.52. The van der Waals surface area contributed by atoms with Gasteiger partial charge in [0.2, 0.25) is 0 Å². The first-order valence-corrected chi connectivity index (χ1v) is 9.32. The molecule has 3 aromatic rings. The van der Waals surface area contributed by atoms with Gasteiger partial charge in [-0.1, -0.05) is 0 Å². The van der Waals surface area contributed by atoms with Crippen LogP contribution in [0.15, 0.2) is 39.7 Å². The van der Waals surface area contributed by atoms with Crippen LogP contribution in [0.3, 0.4) is 0 Å². The molecular formula is C17H15FN2O5S. The minimum Gasteiger partial charge on any atom is -0.422 e. The van der Waals surface area contributed by atoms with Crippen LogP contribution in [0.2, 0.25) is 0 Å². The third-order valence-corrected chi connectivity index (χ3v) is 4.36. The van der Waals surface area contributed by atoms with Crippen molar-refractivity contribution in [1.29, 1.82) is 0 Å². The topological polar surface area (TPSA) is 112 Å². The van der Waals surface area contributed by atoms with Crippen LogP contribution in [-0.2, 0) is 16.5 Å². The summed E-state index contributed by atoms with van der Waals surface area (Å²) < 4.78 is 46.6. The van der Waals surface area contributed by atoms with Crippen LogP contribution in [0.1, 0.15) is 16.7 Å². The Labute approximate surface area is 148 Å². The number of hydrogen-bond acceptors (Lipinski definition) is 7. The van der Waals surface area contributed by atoms with Crippen LogP contribution in [0.5, 0.6) is 5.75 Å². The van der Waals surface area contributed by atoms with Gasteiger partial charge in [0.25, 0.3) is 0 Å². The maximum Gasteiger partial charge on any atom is 0.340 e. The molecule has 0 bridgehead atoms. The van der Waals surface area contributed by atoms with E-state index in [-0.39, 0.29) is 34.7 Å². The van der Waals surface area contributed by atoms with Gasteiger partial charge in [-0.05, 0) is 36.2 Å². The van der Waals surface area contributed by atoms with Gasteiger partial charge in [-0.2, -0.15) is 8.42 Å². The summed E-state index contributed by atoms with van der Waals surface area (Å²) in [6.07, 6.45) is 2.27. The maximum atomic E-state index is 14.1. The number of nitrogens with zero attached hydrogens (tertiary/aromatic N) is 1. The monoisotopic (exact) mass is 378 g/mol. The summed E-state index contributed by atoms with van der Waals surface area (Å²) in [7, 11) is -3.70. The Bertz CT molecular complexity index is 1170. The smallest absolute Gasteiger partial charge is 0.340 e. The summed E-state index contributed by atoms with van der Waals surface area (Å²) in [5, 5.41) is 0.586. The van der Waals surface area contributed by atoms with E-state index in [0.717, 1.165) is 6.26 Å². The van der Waals surface area contributed by atoms with E-state index in [0.29, 0.717) is 10.9 Å². The van der Waals surface area contributed by atoms with E-state index < -0.39 is 21.6 Å². The van der Waals surface area contributed by atoms with E-state index in [4.69, 9.17) is 14.3 Å². The van der Waals surface area contributed by atoms with Gasteiger partial charge in [0.15, 0.2) is 11.6 Å². The number of halogens is 1. The Kier molecular flexibility index (Phi) is 4.41. The molecule has 0 fully saturated rings. The lowest BCUT2D eigenvalue weighted by atomic mass is 10.00. The zero-order chi connectivity index (χ0) is 19.1. The molecule has 0 aliphatic carbocycles. The Morgan fingerprint density at radius 3 is 2.73 bits per heavy atom. The molecule has 0 aliphatic rings. The molecule has 0 spiro atoms. The minimum atomic E-state index is -3.70. The fourth-order valence-electron chi connectivity index (χ4n) is 2.63. The Morgan fingerprint density at radius 1 is 1.31 bits per heavy atom. The zero-order valence-corrected chi connectivity index (χ0v) is 14.8. The average molecular weight is 378 g/mol. The van der Waals surface area contributed by atoms with Crippen molar-refractivity contribution in [2.75, 3.05) is 12.0 Å². The molecule has 2 heterocycles. The molecule has 0 atom stereocenters. The minimum absolute atomic E-state index is 0.00967. The summed E-state index contributed by atoms with van der Waals surface area (Å²) >= 11 is 0. The lowest BCUT2D eigenvalue weighted by Crippen LogP contribution is -2.12. The molecule has 2 aromatic heterocycles. The highest BCUT2D eigenvalue weighted by Crippen LogP contribution is 2.26. The fourth-order valence-corrected chi connectivity index (χ4v) is 3.09. The summed E-state index contributed by atoms with van der Waals surface area (Å²) in [5.41, 5.74) is 6.08. The molecule has 136 valence electrons. The first-order chi connectivity index (χ1) is 12.2. The maximum absolute atomic E-state index is 14.1. The molecule has 1 aromatic carbocycles. The van der Waals surface area contributed by atoms with Crippen molar-refractivity contribution >= 4 is 26.9 Å². The normalized spacial score (nSPS) is 11.7. The summed E-state index contributed by atoms with van der Waals surface area (Å²) in [6, 6.07) is 5.79. The molecule has 0 unspecified atom stereocenters. The number of benzene rings is 1. The average Bonchev–Trinajstić information content (AvgIpc) is 2.53. The molecule has 7 nitrogen and oxygen atoms in total.